The summed E-state index contributed by atoms with van der Waals surface area (Å²) < 4.78 is 18.1. The number of aromatic nitrogens is 6. The quantitative estimate of drug-likeness (QED) is 0.341. The van der Waals surface area contributed by atoms with Crippen molar-refractivity contribution in [2.24, 2.45) is 7.05 Å². The van der Waals surface area contributed by atoms with E-state index in [4.69, 9.17) is 11.6 Å². The van der Waals surface area contributed by atoms with E-state index in [-0.39, 0.29) is 28.7 Å². The lowest BCUT2D eigenvalue weighted by Gasteiger charge is -2.34. The summed E-state index contributed by atoms with van der Waals surface area (Å²) in [5, 5.41) is 21.1. The standard InChI is InChI=1S/C28H25ClFN9O3/c1-15-25-22(37(2)34-15)11-12-38(27(25)28(42)32-17-4-7-20-16(13-17)3-9-23(40)33-20)24(41)10-5-18-21(39-14-31-35-36-39)8-6-19(29)26(18)30/h4-8,10,13-14,27H,3,9,11-12H2,1-2H3,(H,32,42)(H,33,40). The number of hydrogen-bond donors (Lipinski definition) is 2. The number of fused-ring (bicyclic) bond motifs is 2. The van der Waals surface area contributed by atoms with E-state index in [1.807, 2.05) is 6.07 Å². The highest BCUT2D eigenvalue weighted by atomic mass is 35.5. The van der Waals surface area contributed by atoms with Crippen molar-refractivity contribution in [2.75, 3.05) is 17.2 Å². The number of halogens is 2. The van der Waals surface area contributed by atoms with Gasteiger partial charge in [0, 0.05) is 60.7 Å². The zero-order valence-corrected chi connectivity index (χ0v) is 23.4. The summed E-state index contributed by atoms with van der Waals surface area (Å²) in [4.78, 5) is 40.7. The monoisotopic (exact) mass is 589 g/mol. The molecule has 42 heavy (non-hydrogen) atoms. The minimum Gasteiger partial charge on any atom is -0.326 e. The van der Waals surface area contributed by atoms with E-state index in [2.05, 4.69) is 31.3 Å². The van der Waals surface area contributed by atoms with E-state index < -0.39 is 23.7 Å². The maximum Gasteiger partial charge on any atom is 0.251 e. The highest BCUT2D eigenvalue weighted by Gasteiger charge is 2.39. The van der Waals surface area contributed by atoms with Crippen LogP contribution in [0.25, 0.3) is 11.8 Å². The van der Waals surface area contributed by atoms with E-state index in [9.17, 15) is 14.4 Å². The molecule has 0 aliphatic carbocycles. The molecule has 0 radical (unpaired) electrons. The highest BCUT2D eigenvalue weighted by molar-refractivity contribution is 6.31. The lowest BCUT2D eigenvalue weighted by atomic mass is 9.95. The van der Waals surface area contributed by atoms with Crippen LogP contribution in [0.4, 0.5) is 15.8 Å². The first-order valence-electron chi connectivity index (χ1n) is 13.2. The van der Waals surface area contributed by atoms with Gasteiger partial charge in [-0.25, -0.2) is 4.39 Å². The van der Waals surface area contributed by atoms with Gasteiger partial charge in [0.1, 0.15) is 12.4 Å². The number of amides is 3. The van der Waals surface area contributed by atoms with E-state index in [1.165, 1.54) is 34.1 Å². The van der Waals surface area contributed by atoms with Crippen molar-refractivity contribution < 1.29 is 18.8 Å². The number of nitrogens with zero attached hydrogens (tertiary/aromatic N) is 7. The molecule has 14 heteroatoms. The lowest BCUT2D eigenvalue weighted by molar-refractivity contribution is -0.135. The van der Waals surface area contributed by atoms with Gasteiger partial charge in [-0.3, -0.25) is 19.1 Å². The van der Waals surface area contributed by atoms with E-state index in [0.29, 0.717) is 41.9 Å². The van der Waals surface area contributed by atoms with Crippen LogP contribution in [0.3, 0.4) is 0 Å². The third-order valence-corrected chi connectivity index (χ3v) is 7.76. The molecule has 1 atom stereocenters. The number of nitrogens with one attached hydrogen (secondary N) is 2. The Kier molecular flexibility index (Phi) is 7.02. The fraction of sp³-hybridized carbons (Fsp3) is 0.250. The average molecular weight is 590 g/mol. The van der Waals surface area contributed by atoms with E-state index in [1.54, 1.807) is 36.9 Å². The molecular weight excluding hydrogens is 565 g/mol. The van der Waals surface area contributed by atoms with Crippen molar-refractivity contribution in [3.63, 3.8) is 0 Å². The van der Waals surface area contributed by atoms with Crippen LogP contribution in [0.1, 0.15) is 40.5 Å². The first-order valence-corrected chi connectivity index (χ1v) is 13.5. The topological polar surface area (TPSA) is 140 Å². The lowest BCUT2D eigenvalue weighted by Crippen LogP contribution is -2.45. The first-order chi connectivity index (χ1) is 20.2. The van der Waals surface area contributed by atoms with Crippen molar-refractivity contribution in [3.8, 4) is 5.69 Å². The van der Waals surface area contributed by atoms with Gasteiger partial charge < -0.3 is 15.5 Å². The number of hydrogen-bond acceptors (Lipinski definition) is 7. The van der Waals surface area contributed by atoms with Gasteiger partial charge in [-0.1, -0.05) is 11.6 Å². The Balaban J connectivity index is 1.32. The molecule has 214 valence electrons. The van der Waals surface area contributed by atoms with Gasteiger partial charge in [0.2, 0.25) is 11.8 Å². The van der Waals surface area contributed by atoms with Gasteiger partial charge in [-0.05, 0) is 65.7 Å². The van der Waals surface area contributed by atoms with Gasteiger partial charge in [0.25, 0.3) is 5.91 Å². The Morgan fingerprint density at radius 1 is 1.19 bits per heavy atom. The molecule has 2 aliphatic rings. The predicted molar refractivity (Wildman–Crippen MR) is 151 cm³/mol. The Morgan fingerprint density at radius 2 is 2.02 bits per heavy atom. The molecule has 6 rings (SSSR count). The summed E-state index contributed by atoms with van der Waals surface area (Å²) in [7, 11) is 1.80. The molecule has 4 heterocycles. The molecule has 2 N–H and O–H groups in total. The first kappa shape index (κ1) is 27.3. The zero-order valence-electron chi connectivity index (χ0n) is 22.6. The van der Waals surface area contributed by atoms with Gasteiger partial charge >= 0.3 is 0 Å². The summed E-state index contributed by atoms with van der Waals surface area (Å²) in [6.45, 7) is 2.03. The second kappa shape index (κ2) is 10.8. The Hall–Kier alpha value is -4.91. The van der Waals surface area contributed by atoms with E-state index >= 15 is 4.39 Å². The molecule has 0 spiro atoms. The summed E-state index contributed by atoms with van der Waals surface area (Å²) in [5.74, 6) is -1.71. The fourth-order valence-corrected chi connectivity index (χ4v) is 5.67. The SMILES string of the molecule is Cc1nn(C)c2c1C(C(=O)Nc1ccc3c(c1)CCC(=O)N3)N(C(=O)C=Cc1c(-n3cnnn3)ccc(Cl)c1F)CC2. The minimum atomic E-state index is -0.987. The molecule has 2 aliphatic heterocycles. The summed E-state index contributed by atoms with van der Waals surface area (Å²) >= 11 is 6.03. The second-order valence-corrected chi connectivity index (χ2v) is 10.5. The van der Waals surface area contributed by atoms with Crippen molar-refractivity contribution in [3.05, 3.63) is 81.7 Å². The van der Waals surface area contributed by atoms with Crippen LogP contribution in [0.5, 0.6) is 0 Å². The van der Waals surface area contributed by atoms with Crippen molar-refractivity contribution in [1.29, 1.82) is 0 Å². The van der Waals surface area contributed by atoms with Crippen LogP contribution < -0.4 is 10.6 Å². The third-order valence-electron chi connectivity index (χ3n) is 7.46. The fourth-order valence-electron chi connectivity index (χ4n) is 5.50. The van der Waals surface area contributed by atoms with Gasteiger partial charge in [-0.15, -0.1) is 5.10 Å². The molecule has 2 aromatic carbocycles. The molecule has 0 saturated heterocycles. The van der Waals surface area contributed by atoms with E-state index in [0.717, 1.165) is 11.3 Å². The third kappa shape index (κ3) is 4.91. The van der Waals surface area contributed by atoms with Gasteiger partial charge in [-0.2, -0.15) is 9.78 Å². The Bertz CT molecular complexity index is 1770. The number of tetrazole rings is 1. The minimum absolute atomic E-state index is 0.0144. The van der Waals surface area contributed by atoms with Crippen molar-refractivity contribution in [1.82, 2.24) is 34.9 Å². The molecule has 0 saturated carbocycles. The summed E-state index contributed by atoms with van der Waals surface area (Å²) in [5.41, 5.74) is 4.60. The van der Waals surface area contributed by atoms with Crippen molar-refractivity contribution in [2.45, 2.75) is 32.2 Å². The predicted octanol–water partition coefficient (Wildman–Crippen LogP) is 3.16. The molecule has 0 fully saturated rings. The maximum atomic E-state index is 15.1. The number of carbonyl (C=O) groups is 3. The normalized spacial score (nSPS) is 16.2. The highest BCUT2D eigenvalue weighted by Crippen LogP contribution is 2.34. The van der Waals surface area contributed by atoms with Crippen LogP contribution in [-0.4, -0.2) is 59.2 Å². The number of benzene rings is 2. The van der Waals surface area contributed by atoms with Crippen LogP contribution in [0.15, 0.2) is 42.7 Å². The smallest absolute Gasteiger partial charge is 0.251 e. The number of carbonyl (C=O) groups excluding carboxylic acids is 3. The number of rotatable bonds is 5. The van der Waals surface area contributed by atoms with Crippen LogP contribution >= 0.6 is 11.6 Å². The summed E-state index contributed by atoms with van der Waals surface area (Å²) in [6.07, 6.45) is 5.22. The van der Waals surface area contributed by atoms with Crippen LogP contribution in [0, 0.1) is 12.7 Å². The van der Waals surface area contributed by atoms with Gasteiger partial charge in [0.15, 0.2) is 5.82 Å². The average Bonchev–Trinajstić information content (AvgIpc) is 3.61. The molecule has 12 nitrogen and oxygen atoms in total. The molecular formula is C28H25ClFN9O3. The molecule has 0 bridgehead atoms. The number of anilines is 2. The Morgan fingerprint density at radius 3 is 2.81 bits per heavy atom. The van der Waals surface area contributed by atoms with Gasteiger partial charge in [0.05, 0.1) is 16.4 Å². The Labute approximate surface area is 244 Å². The molecule has 2 aromatic heterocycles. The molecule has 3 amide bonds. The van der Waals surface area contributed by atoms with Crippen LogP contribution in [-0.2, 0) is 34.3 Å². The molecule has 4 aromatic rings. The second-order valence-electron chi connectivity index (χ2n) is 10.0. The van der Waals surface area contributed by atoms with Crippen molar-refractivity contribution >= 4 is 46.8 Å². The number of aryl methyl sites for hydroxylation is 3. The summed E-state index contributed by atoms with van der Waals surface area (Å²) in [6, 6.07) is 7.20. The largest absolute Gasteiger partial charge is 0.326 e. The van der Waals surface area contributed by atoms with Crippen LogP contribution in [0.2, 0.25) is 5.02 Å². The zero-order chi connectivity index (χ0) is 29.5. The molecule has 1 unspecified atom stereocenters. The maximum absolute atomic E-state index is 15.1.